The van der Waals surface area contributed by atoms with E-state index in [2.05, 4.69) is 17.5 Å². The Hall–Kier alpha value is -1.82. The molecular weight excluding hydrogens is 239 g/mol. The molecule has 19 heavy (non-hydrogen) atoms. The highest BCUT2D eigenvalue weighted by Crippen LogP contribution is 2.43. The number of anilines is 1. The lowest BCUT2D eigenvalue weighted by Gasteiger charge is -2.20. The van der Waals surface area contributed by atoms with Gasteiger partial charge in [0.15, 0.2) is 0 Å². The van der Waals surface area contributed by atoms with Gasteiger partial charge in [-0.15, -0.1) is 0 Å². The molecule has 0 saturated heterocycles. The molecule has 0 aliphatic heterocycles. The molecule has 1 aromatic rings. The van der Waals surface area contributed by atoms with Crippen LogP contribution in [0.3, 0.4) is 0 Å². The van der Waals surface area contributed by atoms with E-state index in [0.717, 1.165) is 18.2 Å². The van der Waals surface area contributed by atoms with E-state index in [0.29, 0.717) is 23.0 Å². The third-order valence-electron chi connectivity index (χ3n) is 4.44. The molecule has 3 heteroatoms. The lowest BCUT2D eigenvalue weighted by atomic mass is 9.93. The molecule has 2 aliphatic rings. The Morgan fingerprint density at radius 3 is 2.84 bits per heavy atom. The Morgan fingerprint density at radius 1 is 1.37 bits per heavy atom. The van der Waals surface area contributed by atoms with E-state index in [1.165, 1.54) is 18.9 Å². The number of halogens is 1. The zero-order valence-electron chi connectivity index (χ0n) is 11.0. The fraction of sp³-hybridized carbons (Fsp3) is 0.438. The molecular formula is C16H17FN2. The van der Waals surface area contributed by atoms with Crippen LogP contribution in [0.15, 0.2) is 24.3 Å². The van der Waals surface area contributed by atoms with Crippen LogP contribution in [-0.4, -0.2) is 6.54 Å². The van der Waals surface area contributed by atoms with E-state index in [9.17, 15) is 4.39 Å². The number of allylic oxidation sites excluding steroid dienone is 2. The van der Waals surface area contributed by atoms with E-state index in [-0.39, 0.29) is 5.82 Å². The van der Waals surface area contributed by atoms with E-state index < -0.39 is 0 Å². The Labute approximate surface area is 112 Å². The third-order valence-corrected chi connectivity index (χ3v) is 4.44. The number of nitrogens with zero attached hydrogens (tertiary/aromatic N) is 1. The minimum absolute atomic E-state index is 0.311. The predicted molar refractivity (Wildman–Crippen MR) is 73.2 cm³/mol. The normalized spacial score (nSPS) is 27.5. The third kappa shape index (κ3) is 2.23. The van der Waals surface area contributed by atoms with Crippen molar-refractivity contribution in [3.63, 3.8) is 0 Å². The smallest absolute Gasteiger partial charge is 0.129 e. The quantitative estimate of drug-likeness (QED) is 0.838. The molecule has 2 aliphatic carbocycles. The maximum absolute atomic E-state index is 13.7. The topological polar surface area (TPSA) is 35.8 Å². The van der Waals surface area contributed by atoms with Gasteiger partial charge in [-0.2, -0.15) is 5.26 Å². The molecule has 1 N–H and O–H groups in total. The van der Waals surface area contributed by atoms with Gasteiger partial charge < -0.3 is 5.32 Å². The molecule has 1 fully saturated rings. The van der Waals surface area contributed by atoms with E-state index in [4.69, 9.17) is 5.26 Å². The molecule has 2 nitrogen and oxygen atoms in total. The van der Waals surface area contributed by atoms with E-state index in [1.54, 1.807) is 13.0 Å². The van der Waals surface area contributed by atoms with Crippen LogP contribution in [0.1, 0.15) is 24.0 Å². The molecule has 0 aromatic heterocycles. The van der Waals surface area contributed by atoms with Crippen molar-refractivity contribution in [2.45, 2.75) is 19.8 Å². The summed E-state index contributed by atoms with van der Waals surface area (Å²) in [6.45, 7) is 2.61. The minimum Gasteiger partial charge on any atom is -0.384 e. The highest BCUT2D eigenvalue weighted by molar-refractivity contribution is 5.55. The second-order valence-corrected chi connectivity index (χ2v) is 5.66. The fourth-order valence-corrected chi connectivity index (χ4v) is 3.30. The number of benzene rings is 1. The summed E-state index contributed by atoms with van der Waals surface area (Å²) in [5, 5.41) is 12.2. The number of fused-ring (bicyclic) bond motifs is 2. The monoisotopic (exact) mass is 256 g/mol. The molecule has 1 saturated carbocycles. The highest BCUT2D eigenvalue weighted by Gasteiger charge is 2.35. The molecule has 0 heterocycles. The van der Waals surface area contributed by atoms with Gasteiger partial charge in [0, 0.05) is 17.8 Å². The van der Waals surface area contributed by atoms with Crippen LogP contribution in [0.5, 0.6) is 0 Å². The molecule has 0 radical (unpaired) electrons. The summed E-state index contributed by atoms with van der Waals surface area (Å²) in [4.78, 5) is 0. The molecule has 3 unspecified atom stereocenters. The lowest BCUT2D eigenvalue weighted by Crippen LogP contribution is -2.18. The van der Waals surface area contributed by atoms with Gasteiger partial charge in [-0.25, -0.2) is 4.39 Å². The lowest BCUT2D eigenvalue weighted by molar-refractivity contribution is 0.471. The summed E-state index contributed by atoms with van der Waals surface area (Å²) in [5.74, 6) is 1.76. The van der Waals surface area contributed by atoms with E-state index >= 15 is 0 Å². The van der Waals surface area contributed by atoms with Gasteiger partial charge in [0.05, 0.1) is 11.6 Å². The largest absolute Gasteiger partial charge is 0.384 e. The Bertz CT molecular complexity index is 571. The average Bonchev–Trinajstić information content (AvgIpc) is 3.02. The van der Waals surface area contributed by atoms with Crippen molar-refractivity contribution in [2.24, 2.45) is 17.8 Å². The number of rotatable bonds is 3. The fourth-order valence-electron chi connectivity index (χ4n) is 3.30. The number of nitriles is 1. The first-order chi connectivity index (χ1) is 9.17. The summed E-state index contributed by atoms with van der Waals surface area (Å²) in [6.07, 6.45) is 7.15. The number of hydrogen-bond donors (Lipinski definition) is 1. The van der Waals surface area contributed by atoms with Gasteiger partial charge in [-0.05, 0) is 49.7 Å². The molecule has 2 bridgehead atoms. The Morgan fingerprint density at radius 2 is 2.21 bits per heavy atom. The first kappa shape index (κ1) is 12.2. The van der Waals surface area contributed by atoms with Crippen LogP contribution in [0.2, 0.25) is 0 Å². The average molecular weight is 256 g/mol. The zero-order chi connectivity index (χ0) is 13.4. The summed E-state index contributed by atoms with van der Waals surface area (Å²) >= 11 is 0. The SMILES string of the molecule is Cc1c(F)cc(C#N)cc1NCC1CC2C=CC1C2. The van der Waals surface area contributed by atoms with Gasteiger partial charge in [0.2, 0.25) is 0 Å². The molecule has 3 atom stereocenters. The second-order valence-electron chi connectivity index (χ2n) is 5.66. The van der Waals surface area contributed by atoms with Crippen molar-refractivity contribution < 1.29 is 4.39 Å². The van der Waals surface area contributed by atoms with Crippen molar-refractivity contribution in [3.8, 4) is 6.07 Å². The van der Waals surface area contributed by atoms with Crippen LogP contribution < -0.4 is 5.32 Å². The van der Waals surface area contributed by atoms with Crippen LogP contribution in [0.4, 0.5) is 10.1 Å². The molecule has 98 valence electrons. The maximum atomic E-state index is 13.7. The van der Waals surface area contributed by atoms with E-state index in [1.807, 2.05) is 6.07 Å². The maximum Gasteiger partial charge on any atom is 0.129 e. The molecule has 3 rings (SSSR count). The summed E-state index contributed by atoms with van der Waals surface area (Å²) in [7, 11) is 0. The minimum atomic E-state index is -0.311. The summed E-state index contributed by atoms with van der Waals surface area (Å²) in [6, 6.07) is 5.03. The van der Waals surface area contributed by atoms with Crippen molar-refractivity contribution in [1.29, 1.82) is 5.26 Å². The molecule has 1 aromatic carbocycles. The van der Waals surface area contributed by atoms with Crippen molar-refractivity contribution in [1.82, 2.24) is 0 Å². The van der Waals surface area contributed by atoms with Gasteiger partial charge in [0.1, 0.15) is 5.82 Å². The highest BCUT2D eigenvalue weighted by atomic mass is 19.1. The van der Waals surface area contributed by atoms with Crippen molar-refractivity contribution in [2.75, 3.05) is 11.9 Å². The standard InChI is InChI=1S/C16H17FN2/c1-10-15(17)6-12(8-18)7-16(10)19-9-14-5-11-2-3-13(14)4-11/h2-3,6-7,11,13-14,19H,4-5,9H2,1H3. The van der Waals surface area contributed by atoms with Crippen LogP contribution in [0.25, 0.3) is 0 Å². The van der Waals surface area contributed by atoms with Gasteiger partial charge in [-0.1, -0.05) is 12.2 Å². The first-order valence-electron chi connectivity index (χ1n) is 6.80. The first-order valence-corrected chi connectivity index (χ1v) is 6.80. The number of nitrogens with one attached hydrogen (secondary N) is 1. The summed E-state index contributed by atoms with van der Waals surface area (Å²) in [5.41, 5.74) is 1.72. The van der Waals surface area contributed by atoms with Gasteiger partial charge >= 0.3 is 0 Å². The molecule has 0 amide bonds. The van der Waals surface area contributed by atoms with Gasteiger partial charge in [0.25, 0.3) is 0 Å². The van der Waals surface area contributed by atoms with Gasteiger partial charge in [-0.3, -0.25) is 0 Å². The molecule has 0 spiro atoms. The Kier molecular flexibility index (Phi) is 3.02. The van der Waals surface area contributed by atoms with Crippen molar-refractivity contribution in [3.05, 3.63) is 41.2 Å². The van der Waals surface area contributed by atoms with Crippen LogP contribution >= 0.6 is 0 Å². The van der Waals surface area contributed by atoms with Crippen LogP contribution in [0, 0.1) is 41.8 Å². The Balaban J connectivity index is 1.72. The number of hydrogen-bond acceptors (Lipinski definition) is 2. The second kappa shape index (κ2) is 4.70. The predicted octanol–water partition coefficient (Wildman–Crippen LogP) is 3.63. The van der Waals surface area contributed by atoms with Crippen molar-refractivity contribution >= 4 is 5.69 Å². The summed E-state index contributed by atoms with van der Waals surface area (Å²) < 4.78 is 13.7. The van der Waals surface area contributed by atoms with Crippen LogP contribution in [-0.2, 0) is 0 Å². The zero-order valence-corrected chi connectivity index (χ0v) is 11.0.